The highest BCUT2D eigenvalue weighted by Crippen LogP contribution is 2.29. The van der Waals surface area contributed by atoms with E-state index in [9.17, 15) is 4.79 Å². The fourth-order valence-corrected chi connectivity index (χ4v) is 4.98. The van der Waals surface area contributed by atoms with Crippen molar-refractivity contribution in [3.8, 4) is 0 Å². The molecule has 170 valence electrons. The van der Waals surface area contributed by atoms with Gasteiger partial charge in [-0.1, -0.05) is 17.8 Å². The van der Waals surface area contributed by atoms with Crippen molar-refractivity contribution in [3.05, 3.63) is 53.6 Å². The smallest absolute Gasteiger partial charge is 0.246 e. The Hall–Kier alpha value is -2.29. The first-order valence-corrected chi connectivity index (χ1v) is 12.3. The molecule has 7 nitrogen and oxygen atoms in total. The maximum atomic E-state index is 12.8. The van der Waals surface area contributed by atoms with Crippen LogP contribution in [0.3, 0.4) is 0 Å². The molecule has 0 saturated carbocycles. The van der Waals surface area contributed by atoms with Crippen LogP contribution in [0.2, 0.25) is 0 Å². The molecule has 2 saturated heterocycles. The van der Waals surface area contributed by atoms with E-state index in [-0.39, 0.29) is 11.8 Å². The number of morpholine rings is 1. The fraction of sp³-hybridized carbons (Fsp3) is 0.500. The molecule has 1 atom stereocenters. The number of ether oxygens (including phenoxy) is 1. The van der Waals surface area contributed by atoms with Crippen molar-refractivity contribution in [1.29, 1.82) is 0 Å². The Labute approximate surface area is 194 Å². The van der Waals surface area contributed by atoms with Crippen LogP contribution in [0.1, 0.15) is 35.6 Å². The minimum Gasteiger partial charge on any atom is -0.379 e. The van der Waals surface area contributed by atoms with Crippen molar-refractivity contribution in [2.24, 2.45) is 0 Å². The highest BCUT2D eigenvalue weighted by atomic mass is 32.2. The number of aromatic nitrogens is 3. The summed E-state index contributed by atoms with van der Waals surface area (Å²) in [5.74, 6) is 1.27. The van der Waals surface area contributed by atoms with Gasteiger partial charge in [-0.05, 0) is 43.0 Å². The second kappa shape index (κ2) is 11.5. The molecule has 0 unspecified atom stereocenters. The lowest BCUT2D eigenvalue weighted by Gasteiger charge is -2.32. The summed E-state index contributed by atoms with van der Waals surface area (Å²) in [4.78, 5) is 30.7. The molecule has 8 heteroatoms. The van der Waals surface area contributed by atoms with E-state index in [0.717, 1.165) is 80.0 Å². The quantitative estimate of drug-likeness (QED) is 0.362. The number of likely N-dealkylation sites (tertiary alicyclic amines) is 1. The van der Waals surface area contributed by atoms with E-state index in [1.165, 1.54) is 0 Å². The van der Waals surface area contributed by atoms with Crippen molar-refractivity contribution in [1.82, 2.24) is 24.8 Å². The summed E-state index contributed by atoms with van der Waals surface area (Å²) in [5, 5.41) is 0.832. The number of carbonyl (C=O) groups is 1. The molecule has 0 N–H and O–H groups in total. The maximum absolute atomic E-state index is 12.8. The number of aryl methyl sites for hydroxylation is 1. The van der Waals surface area contributed by atoms with Gasteiger partial charge in [0.15, 0.2) is 5.16 Å². The van der Waals surface area contributed by atoms with Crippen LogP contribution in [-0.4, -0.2) is 82.3 Å². The topological polar surface area (TPSA) is 71.5 Å². The lowest BCUT2D eigenvalue weighted by atomic mass is 9.92. The number of amides is 1. The average Bonchev–Trinajstić information content (AvgIpc) is 2.85. The number of thioether (sulfide) groups is 1. The molecular formula is C24H31N5O2S. The average molecular weight is 454 g/mol. The molecule has 2 fully saturated rings. The van der Waals surface area contributed by atoms with Gasteiger partial charge in [0.05, 0.1) is 18.9 Å². The summed E-state index contributed by atoms with van der Waals surface area (Å²) < 4.78 is 5.42. The zero-order valence-electron chi connectivity index (χ0n) is 18.7. The summed E-state index contributed by atoms with van der Waals surface area (Å²) in [6.45, 7) is 8.23. The Balaban J connectivity index is 1.35. The molecule has 2 aliphatic rings. The molecule has 2 aromatic rings. The van der Waals surface area contributed by atoms with Crippen molar-refractivity contribution in [2.45, 2.75) is 30.8 Å². The summed E-state index contributed by atoms with van der Waals surface area (Å²) in [6.07, 6.45) is 10.9. The summed E-state index contributed by atoms with van der Waals surface area (Å²) >= 11 is 1.71. The van der Waals surface area contributed by atoms with Crippen molar-refractivity contribution in [2.75, 3.05) is 51.7 Å². The van der Waals surface area contributed by atoms with E-state index < -0.39 is 0 Å². The van der Waals surface area contributed by atoms with Crippen molar-refractivity contribution < 1.29 is 9.53 Å². The van der Waals surface area contributed by atoms with Crippen molar-refractivity contribution >= 4 is 23.7 Å². The number of pyridine rings is 1. The van der Waals surface area contributed by atoms with Crippen LogP contribution < -0.4 is 0 Å². The van der Waals surface area contributed by atoms with Gasteiger partial charge in [0.2, 0.25) is 5.91 Å². The van der Waals surface area contributed by atoms with Crippen LogP contribution in [0.15, 0.2) is 42.0 Å². The van der Waals surface area contributed by atoms with Crippen LogP contribution in [0.4, 0.5) is 0 Å². The first kappa shape index (κ1) is 22.9. The van der Waals surface area contributed by atoms with E-state index in [4.69, 9.17) is 9.72 Å². The third-order valence-corrected chi connectivity index (χ3v) is 6.80. The molecule has 2 aliphatic heterocycles. The molecule has 0 radical (unpaired) electrons. The Morgan fingerprint density at radius 2 is 2.16 bits per heavy atom. The first-order chi connectivity index (χ1) is 15.7. The molecule has 1 amide bonds. The third-order valence-electron chi connectivity index (χ3n) is 5.95. The lowest BCUT2D eigenvalue weighted by Crippen LogP contribution is -2.38. The molecule has 0 aromatic carbocycles. The minimum atomic E-state index is 0.0466. The van der Waals surface area contributed by atoms with E-state index in [1.54, 1.807) is 30.2 Å². The largest absolute Gasteiger partial charge is 0.379 e. The minimum absolute atomic E-state index is 0.0466. The molecule has 0 spiro atoms. The third kappa shape index (κ3) is 6.37. The Morgan fingerprint density at radius 3 is 2.97 bits per heavy atom. The van der Waals surface area contributed by atoms with Crippen LogP contribution >= 0.6 is 11.8 Å². The Bertz CT molecular complexity index is 918. The van der Waals surface area contributed by atoms with Gasteiger partial charge in [-0.2, -0.15) is 0 Å². The number of hydrogen-bond donors (Lipinski definition) is 0. The zero-order valence-corrected chi connectivity index (χ0v) is 19.5. The normalized spacial score (nSPS) is 20.0. The van der Waals surface area contributed by atoms with Crippen molar-refractivity contribution in [3.63, 3.8) is 0 Å². The van der Waals surface area contributed by atoms with Crippen LogP contribution in [0.25, 0.3) is 6.08 Å². The molecule has 0 bridgehead atoms. The monoisotopic (exact) mass is 453 g/mol. The zero-order chi connectivity index (χ0) is 22.2. The van der Waals surface area contributed by atoms with Gasteiger partial charge in [-0.3, -0.25) is 14.7 Å². The number of hydrogen-bond acceptors (Lipinski definition) is 7. The standard InChI is InChI=1S/C24H31N5O2S/c1-19-16-26-24(32-15-12-28-10-13-31-14-11-28)27-23(19)21-5-3-9-29(18-21)22(30)7-6-20-4-2-8-25-17-20/h2,4,6-8,16-17,21H,3,5,9-15,18H2,1H3/b7-6+/t21-/m0/s1. The molecular weight excluding hydrogens is 422 g/mol. The van der Waals surface area contributed by atoms with Gasteiger partial charge in [-0.25, -0.2) is 9.97 Å². The molecule has 32 heavy (non-hydrogen) atoms. The van der Waals surface area contributed by atoms with Crippen LogP contribution in [0, 0.1) is 6.92 Å². The summed E-state index contributed by atoms with van der Waals surface area (Å²) in [7, 11) is 0. The van der Waals surface area contributed by atoms with E-state index >= 15 is 0 Å². The molecule has 4 heterocycles. The Morgan fingerprint density at radius 1 is 1.28 bits per heavy atom. The summed E-state index contributed by atoms with van der Waals surface area (Å²) in [6, 6.07) is 3.81. The van der Waals surface area contributed by atoms with Gasteiger partial charge in [0, 0.05) is 69.1 Å². The highest BCUT2D eigenvalue weighted by molar-refractivity contribution is 7.99. The Kier molecular flexibility index (Phi) is 8.25. The van der Waals surface area contributed by atoms with E-state index in [2.05, 4.69) is 21.8 Å². The maximum Gasteiger partial charge on any atom is 0.246 e. The van der Waals surface area contributed by atoms with Gasteiger partial charge >= 0.3 is 0 Å². The second-order valence-electron chi connectivity index (χ2n) is 8.27. The van der Waals surface area contributed by atoms with Gasteiger partial charge in [-0.15, -0.1) is 0 Å². The highest BCUT2D eigenvalue weighted by Gasteiger charge is 2.26. The first-order valence-electron chi connectivity index (χ1n) is 11.3. The molecule has 4 rings (SSSR count). The van der Waals surface area contributed by atoms with Crippen LogP contribution in [0.5, 0.6) is 0 Å². The van der Waals surface area contributed by atoms with E-state index in [1.807, 2.05) is 29.3 Å². The molecule has 0 aliphatic carbocycles. The fourth-order valence-electron chi connectivity index (χ4n) is 4.16. The predicted molar refractivity (Wildman–Crippen MR) is 127 cm³/mol. The number of piperidine rings is 1. The number of rotatable bonds is 7. The number of carbonyl (C=O) groups excluding carboxylic acids is 1. The molecule has 2 aromatic heterocycles. The number of nitrogens with zero attached hydrogens (tertiary/aromatic N) is 5. The second-order valence-corrected chi connectivity index (χ2v) is 9.33. The van der Waals surface area contributed by atoms with Gasteiger partial charge in [0.25, 0.3) is 0 Å². The van der Waals surface area contributed by atoms with Crippen LogP contribution in [-0.2, 0) is 9.53 Å². The van der Waals surface area contributed by atoms with Gasteiger partial charge in [0.1, 0.15) is 0 Å². The SMILES string of the molecule is Cc1cnc(SCCN2CCOCC2)nc1[C@H]1CCCN(C(=O)/C=C/c2cccnc2)C1. The van der Waals surface area contributed by atoms with E-state index in [0.29, 0.717) is 6.54 Å². The predicted octanol–water partition coefficient (Wildman–Crippen LogP) is 3.02. The van der Waals surface area contributed by atoms with Gasteiger partial charge < -0.3 is 9.64 Å². The summed E-state index contributed by atoms with van der Waals surface area (Å²) in [5.41, 5.74) is 3.12. The lowest BCUT2D eigenvalue weighted by molar-refractivity contribution is -0.127.